The Bertz CT molecular complexity index is 511. The largest absolute Gasteiger partial charge is 0.376 e. The van der Waals surface area contributed by atoms with Gasteiger partial charge < -0.3 is 11.1 Å². The lowest BCUT2D eigenvalue weighted by atomic mass is 10.2. The van der Waals surface area contributed by atoms with E-state index in [9.17, 15) is 4.39 Å². The zero-order chi connectivity index (χ0) is 11.5. The molecule has 0 spiro atoms. The first-order chi connectivity index (χ1) is 7.66. The number of hydrogen-bond donors (Lipinski definition) is 2. The number of benzene rings is 1. The summed E-state index contributed by atoms with van der Waals surface area (Å²) in [5.74, 6) is -0.438. The molecule has 0 atom stereocenters. The molecular formula is C9H8FN5S. The van der Waals surface area contributed by atoms with Gasteiger partial charge in [-0.15, -0.1) is 0 Å². The van der Waals surface area contributed by atoms with Gasteiger partial charge in [0.05, 0.1) is 0 Å². The van der Waals surface area contributed by atoms with E-state index in [-0.39, 0.29) is 5.11 Å². The second kappa shape index (κ2) is 4.23. The van der Waals surface area contributed by atoms with Crippen LogP contribution in [0, 0.1) is 5.82 Å². The van der Waals surface area contributed by atoms with Gasteiger partial charge in [-0.25, -0.2) is 14.1 Å². The standard InChI is InChI=1S/C9H8FN5S/c10-7-3-6(14-9(11)16)1-2-8(7)15-5-12-4-13-15/h1-5H,(H3,11,14,16). The van der Waals surface area contributed by atoms with Crippen LogP contribution in [0.4, 0.5) is 10.1 Å². The molecule has 2 rings (SSSR count). The summed E-state index contributed by atoms with van der Waals surface area (Å²) in [6.07, 6.45) is 2.75. The van der Waals surface area contributed by atoms with E-state index in [2.05, 4.69) is 27.6 Å². The van der Waals surface area contributed by atoms with E-state index in [0.29, 0.717) is 11.4 Å². The van der Waals surface area contributed by atoms with Gasteiger partial charge in [0.1, 0.15) is 18.3 Å². The smallest absolute Gasteiger partial charge is 0.168 e. The molecule has 3 N–H and O–H groups in total. The van der Waals surface area contributed by atoms with Crippen LogP contribution in [0.2, 0.25) is 0 Å². The third-order valence-electron chi connectivity index (χ3n) is 1.88. The molecule has 0 amide bonds. The molecule has 0 aliphatic heterocycles. The molecule has 1 aromatic carbocycles. The molecule has 0 fully saturated rings. The monoisotopic (exact) mass is 237 g/mol. The van der Waals surface area contributed by atoms with Crippen LogP contribution in [0.3, 0.4) is 0 Å². The summed E-state index contributed by atoms with van der Waals surface area (Å²) in [6, 6.07) is 4.50. The Hall–Kier alpha value is -2.02. The summed E-state index contributed by atoms with van der Waals surface area (Å²) in [7, 11) is 0. The van der Waals surface area contributed by atoms with Gasteiger partial charge in [-0.2, -0.15) is 5.10 Å². The lowest BCUT2D eigenvalue weighted by molar-refractivity contribution is 0.611. The van der Waals surface area contributed by atoms with E-state index in [1.54, 1.807) is 12.1 Å². The number of thiocarbonyl (C=S) groups is 1. The Morgan fingerprint density at radius 1 is 1.50 bits per heavy atom. The molecule has 0 saturated heterocycles. The first-order valence-corrected chi connectivity index (χ1v) is 4.78. The highest BCUT2D eigenvalue weighted by Gasteiger charge is 2.06. The van der Waals surface area contributed by atoms with E-state index < -0.39 is 5.82 Å². The molecule has 16 heavy (non-hydrogen) atoms. The zero-order valence-electron chi connectivity index (χ0n) is 8.09. The minimum atomic E-state index is -0.438. The molecule has 0 bridgehead atoms. The molecule has 1 heterocycles. The van der Waals surface area contributed by atoms with Crippen molar-refractivity contribution in [1.29, 1.82) is 0 Å². The van der Waals surface area contributed by atoms with E-state index in [0.717, 1.165) is 0 Å². The quantitative estimate of drug-likeness (QED) is 0.764. The zero-order valence-corrected chi connectivity index (χ0v) is 8.91. The van der Waals surface area contributed by atoms with Gasteiger partial charge >= 0.3 is 0 Å². The fourth-order valence-electron chi connectivity index (χ4n) is 1.25. The predicted molar refractivity (Wildman–Crippen MR) is 61.7 cm³/mol. The fraction of sp³-hybridized carbons (Fsp3) is 0. The number of hydrogen-bond acceptors (Lipinski definition) is 3. The van der Waals surface area contributed by atoms with Crippen molar-refractivity contribution in [3.63, 3.8) is 0 Å². The summed E-state index contributed by atoms with van der Waals surface area (Å²) < 4.78 is 15.0. The lowest BCUT2D eigenvalue weighted by Crippen LogP contribution is -2.19. The van der Waals surface area contributed by atoms with E-state index in [1.165, 1.54) is 23.4 Å². The Morgan fingerprint density at radius 2 is 2.31 bits per heavy atom. The van der Waals surface area contributed by atoms with Gasteiger partial charge in [0, 0.05) is 5.69 Å². The molecule has 0 radical (unpaired) electrons. The van der Waals surface area contributed by atoms with Crippen LogP contribution in [-0.4, -0.2) is 19.9 Å². The van der Waals surface area contributed by atoms with Crippen molar-refractivity contribution >= 4 is 23.0 Å². The first kappa shape index (κ1) is 10.5. The van der Waals surface area contributed by atoms with Crippen LogP contribution >= 0.6 is 12.2 Å². The molecule has 5 nitrogen and oxygen atoms in total. The van der Waals surface area contributed by atoms with Crippen LogP contribution < -0.4 is 11.1 Å². The Labute approximate surface area is 96.1 Å². The SMILES string of the molecule is NC(=S)Nc1ccc(-n2cncn2)c(F)c1. The third kappa shape index (κ3) is 2.14. The number of rotatable bonds is 2. The molecule has 0 saturated carbocycles. The molecule has 0 aliphatic rings. The fourth-order valence-corrected chi connectivity index (χ4v) is 1.36. The summed E-state index contributed by atoms with van der Waals surface area (Å²) in [6.45, 7) is 0. The number of anilines is 1. The van der Waals surface area contributed by atoms with Crippen LogP contribution in [0.15, 0.2) is 30.9 Å². The number of halogens is 1. The average Bonchev–Trinajstić information content (AvgIpc) is 2.69. The maximum Gasteiger partial charge on any atom is 0.168 e. The molecule has 82 valence electrons. The normalized spacial score (nSPS) is 10.1. The second-order valence-electron chi connectivity index (χ2n) is 3.00. The summed E-state index contributed by atoms with van der Waals surface area (Å²) in [5.41, 5.74) is 6.08. The minimum Gasteiger partial charge on any atom is -0.376 e. The highest BCUT2D eigenvalue weighted by Crippen LogP contribution is 2.16. The summed E-state index contributed by atoms with van der Waals surface area (Å²) in [5, 5.41) is 6.57. The van der Waals surface area contributed by atoms with Gasteiger partial charge in [-0.05, 0) is 30.4 Å². The van der Waals surface area contributed by atoms with Gasteiger partial charge in [-0.3, -0.25) is 0 Å². The van der Waals surface area contributed by atoms with Crippen molar-refractivity contribution in [2.75, 3.05) is 5.32 Å². The predicted octanol–water partition coefficient (Wildman–Crippen LogP) is 1.06. The highest BCUT2D eigenvalue weighted by atomic mass is 32.1. The molecule has 0 aliphatic carbocycles. The van der Waals surface area contributed by atoms with Crippen molar-refractivity contribution < 1.29 is 4.39 Å². The maximum atomic E-state index is 13.7. The summed E-state index contributed by atoms with van der Waals surface area (Å²) in [4.78, 5) is 3.74. The van der Waals surface area contributed by atoms with Crippen LogP contribution in [-0.2, 0) is 0 Å². The third-order valence-corrected chi connectivity index (χ3v) is 1.98. The lowest BCUT2D eigenvalue weighted by Gasteiger charge is -2.06. The Kier molecular flexibility index (Phi) is 2.78. The molecule has 2 aromatic rings. The summed E-state index contributed by atoms with van der Waals surface area (Å²) >= 11 is 4.65. The van der Waals surface area contributed by atoms with Gasteiger partial charge in [0.15, 0.2) is 10.9 Å². The van der Waals surface area contributed by atoms with Crippen molar-refractivity contribution in [2.24, 2.45) is 5.73 Å². The van der Waals surface area contributed by atoms with Gasteiger partial charge in [0.25, 0.3) is 0 Å². The van der Waals surface area contributed by atoms with Gasteiger partial charge in [-0.1, -0.05) is 0 Å². The Balaban J connectivity index is 2.34. The van der Waals surface area contributed by atoms with Crippen LogP contribution in [0.1, 0.15) is 0 Å². The average molecular weight is 237 g/mol. The van der Waals surface area contributed by atoms with E-state index >= 15 is 0 Å². The molecular weight excluding hydrogens is 229 g/mol. The van der Waals surface area contributed by atoms with Gasteiger partial charge in [0.2, 0.25) is 0 Å². The topological polar surface area (TPSA) is 68.8 Å². The number of aromatic nitrogens is 3. The maximum absolute atomic E-state index is 13.7. The highest BCUT2D eigenvalue weighted by molar-refractivity contribution is 7.80. The Morgan fingerprint density at radius 3 is 2.88 bits per heavy atom. The van der Waals surface area contributed by atoms with Crippen molar-refractivity contribution in [3.8, 4) is 5.69 Å². The van der Waals surface area contributed by atoms with Crippen LogP contribution in [0.5, 0.6) is 0 Å². The molecule has 1 aromatic heterocycles. The minimum absolute atomic E-state index is 0.0907. The number of nitrogens with zero attached hydrogens (tertiary/aromatic N) is 3. The molecule has 0 unspecified atom stereocenters. The molecule has 7 heteroatoms. The van der Waals surface area contributed by atoms with Crippen molar-refractivity contribution in [2.45, 2.75) is 0 Å². The van der Waals surface area contributed by atoms with E-state index in [4.69, 9.17) is 5.73 Å². The van der Waals surface area contributed by atoms with Crippen molar-refractivity contribution in [3.05, 3.63) is 36.7 Å². The van der Waals surface area contributed by atoms with Crippen molar-refractivity contribution in [1.82, 2.24) is 14.8 Å². The first-order valence-electron chi connectivity index (χ1n) is 4.38. The van der Waals surface area contributed by atoms with E-state index in [1.807, 2.05) is 0 Å². The second-order valence-corrected chi connectivity index (χ2v) is 3.44. The number of nitrogens with two attached hydrogens (primary N) is 1. The number of nitrogens with one attached hydrogen (secondary N) is 1. The van der Waals surface area contributed by atoms with Crippen LogP contribution in [0.25, 0.3) is 5.69 Å².